The molecule has 0 fully saturated rings. The third-order valence-corrected chi connectivity index (χ3v) is 5.13. The van der Waals surface area contributed by atoms with Gasteiger partial charge in [0.05, 0.1) is 10.6 Å². The van der Waals surface area contributed by atoms with Crippen LogP contribution in [0.25, 0.3) is 0 Å². The first-order valence-electron chi connectivity index (χ1n) is 7.67. The zero-order chi connectivity index (χ0) is 17.2. The number of sulfonamides is 1. The van der Waals surface area contributed by atoms with Gasteiger partial charge in [0.25, 0.3) is 10.0 Å². The highest BCUT2D eigenvalue weighted by Gasteiger charge is 2.20. The fourth-order valence-electron chi connectivity index (χ4n) is 2.33. The Kier molecular flexibility index (Phi) is 5.00. The van der Waals surface area contributed by atoms with Gasteiger partial charge in [-0.3, -0.25) is 4.72 Å². The third-order valence-electron chi connectivity index (χ3n) is 3.75. The number of benzene rings is 2. The highest BCUT2D eigenvalue weighted by molar-refractivity contribution is 7.92. The highest BCUT2D eigenvalue weighted by atomic mass is 32.2. The first-order valence-corrected chi connectivity index (χ1v) is 9.15. The summed E-state index contributed by atoms with van der Waals surface area (Å²) in [5.41, 5.74) is 1.95. The summed E-state index contributed by atoms with van der Waals surface area (Å²) in [5.74, 6) is 0.311. The molecule has 0 bridgehead atoms. The van der Waals surface area contributed by atoms with Gasteiger partial charge in [0.15, 0.2) is 0 Å². The number of hydrogen-bond donors (Lipinski definition) is 2. The monoisotopic (exact) mass is 333 g/mol. The fourth-order valence-corrected chi connectivity index (χ4v) is 3.41. The standard InChI is InChI=1S/C18H23NO3S/c1-12(2)14-10-16(13(3)4)18(20)17(11-14)19-23(21,22)15-8-6-5-7-9-15/h5-13,19-20H,1-4H3. The molecule has 0 amide bonds. The van der Waals surface area contributed by atoms with Crippen LogP contribution in [0.1, 0.15) is 50.7 Å². The van der Waals surface area contributed by atoms with Crippen LogP contribution >= 0.6 is 0 Å². The Labute approximate surface area is 138 Å². The van der Waals surface area contributed by atoms with Crippen molar-refractivity contribution in [1.29, 1.82) is 0 Å². The van der Waals surface area contributed by atoms with E-state index in [9.17, 15) is 13.5 Å². The van der Waals surface area contributed by atoms with E-state index in [0.717, 1.165) is 11.1 Å². The Bertz CT molecular complexity index is 781. The first kappa shape index (κ1) is 17.3. The van der Waals surface area contributed by atoms with Gasteiger partial charge in [-0.2, -0.15) is 0 Å². The SMILES string of the molecule is CC(C)c1cc(NS(=O)(=O)c2ccccc2)c(O)c(C(C)C)c1. The van der Waals surface area contributed by atoms with Crippen molar-refractivity contribution in [3.05, 3.63) is 53.6 Å². The normalized spacial score (nSPS) is 11.9. The van der Waals surface area contributed by atoms with Crippen LogP contribution in [0, 0.1) is 0 Å². The zero-order valence-electron chi connectivity index (χ0n) is 13.9. The predicted molar refractivity (Wildman–Crippen MR) is 93.5 cm³/mol. The average Bonchev–Trinajstić information content (AvgIpc) is 2.49. The van der Waals surface area contributed by atoms with Crippen molar-refractivity contribution in [2.75, 3.05) is 4.72 Å². The molecule has 0 spiro atoms. The minimum atomic E-state index is -3.73. The predicted octanol–water partition coefficient (Wildman–Crippen LogP) is 4.44. The van der Waals surface area contributed by atoms with Crippen molar-refractivity contribution in [2.45, 2.75) is 44.4 Å². The van der Waals surface area contributed by atoms with Gasteiger partial charge in [-0.25, -0.2) is 8.42 Å². The smallest absolute Gasteiger partial charge is 0.262 e. The summed E-state index contributed by atoms with van der Waals surface area (Å²) in [4.78, 5) is 0.167. The van der Waals surface area contributed by atoms with Crippen molar-refractivity contribution < 1.29 is 13.5 Å². The van der Waals surface area contributed by atoms with Crippen LogP contribution in [-0.4, -0.2) is 13.5 Å². The number of phenolic OH excluding ortho intramolecular Hbond substituents is 1. The molecule has 23 heavy (non-hydrogen) atoms. The van der Waals surface area contributed by atoms with Gasteiger partial charge in [-0.1, -0.05) is 52.0 Å². The van der Waals surface area contributed by atoms with Gasteiger partial charge >= 0.3 is 0 Å². The molecule has 0 aliphatic heterocycles. The van der Waals surface area contributed by atoms with Gasteiger partial charge in [0.2, 0.25) is 0 Å². The van der Waals surface area contributed by atoms with Crippen molar-refractivity contribution in [3.63, 3.8) is 0 Å². The first-order chi connectivity index (χ1) is 10.7. The molecule has 0 aliphatic rings. The summed E-state index contributed by atoms with van der Waals surface area (Å²) in [6.45, 7) is 8.00. The molecule has 2 rings (SSSR count). The highest BCUT2D eigenvalue weighted by Crippen LogP contribution is 2.37. The molecule has 0 aliphatic carbocycles. The van der Waals surface area contributed by atoms with Gasteiger partial charge in [-0.15, -0.1) is 0 Å². The van der Waals surface area contributed by atoms with E-state index in [1.807, 2.05) is 33.8 Å². The number of nitrogens with one attached hydrogen (secondary N) is 1. The maximum Gasteiger partial charge on any atom is 0.262 e. The minimum Gasteiger partial charge on any atom is -0.505 e. The van der Waals surface area contributed by atoms with Crippen molar-refractivity contribution in [2.24, 2.45) is 0 Å². The minimum absolute atomic E-state index is 0.0103. The lowest BCUT2D eigenvalue weighted by molar-refractivity contribution is 0.467. The van der Waals surface area contributed by atoms with E-state index in [4.69, 9.17) is 0 Å². The number of rotatable bonds is 5. The fraction of sp³-hybridized carbons (Fsp3) is 0.333. The van der Waals surface area contributed by atoms with Crippen LogP contribution in [-0.2, 0) is 10.0 Å². The number of aromatic hydroxyl groups is 1. The van der Waals surface area contributed by atoms with E-state index in [2.05, 4.69) is 4.72 Å². The molecule has 2 aromatic rings. The molecule has 0 saturated heterocycles. The van der Waals surface area contributed by atoms with Gasteiger partial charge in [-0.05, 0) is 41.2 Å². The number of anilines is 1. The van der Waals surface area contributed by atoms with Crippen molar-refractivity contribution >= 4 is 15.7 Å². The van der Waals surface area contributed by atoms with E-state index >= 15 is 0 Å². The topological polar surface area (TPSA) is 66.4 Å². The molecule has 0 saturated carbocycles. The van der Waals surface area contributed by atoms with Crippen LogP contribution in [0.2, 0.25) is 0 Å². The Balaban J connectivity index is 2.51. The van der Waals surface area contributed by atoms with Gasteiger partial charge in [0.1, 0.15) is 5.75 Å². The molecule has 2 aromatic carbocycles. The molecule has 2 N–H and O–H groups in total. The lowest BCUT2D eigenvalue weighted by Crippen LogP contribution is -2.13. The molecule has 4 nitrogen and oxygen atoms in total. The maximum absolute atomic E-state index is 12.5. The third kappa shape index (κ3) is 3.85. The molecule has 0 heterocycles. The maximum atomic E-state index is 12.5. The average molecular weight is 333 g/mol. The van der Waals surface area contributed by atoms with Crippen molar-refractivity contribution in [1.82, 2.24) is 0 Å². The molecule has 0 aromatic heterocycles. The number of hydrogen-bond acceptors (Lipinski definition) is 3. The second kappa shape index (κ2) is 6.62. The molecular formula is C18H23NO3S. The Morgan fingerprint density at radius 2 is 1.57 bits per heavy atom. The summed E-state index contributed by atoms with van der Waals surface area (Å²) >= 11 is 0. The van der Waals surface area contributed by atoms with E-state index < -0.39 is 10.0 Å². The van der Waals surface area contributed by atoms with Crippen LogP contribution in [0.4, 0.5) is 5.69 Å². The van der Waals surface area contributed by atoms with Gasteiger partial charge < -0.3 is 5.11 Å². The molecule has 124 valence electrons. The summed E-state index contributed by atoms with van der Waals surface area (Å²) in [7, 11) is -3.73. The summed E-state index contributed by atoms with van der Waals surface area (Å²) < 4.78 is 27.5. The lowest BCUT2D eigenvalue weighted by atomic mass is 9.94. The van der Waals surface area contributed by atoms with Gasteiger partial charge in [0, 0.05) is 0 Å². The molecule has 5 heteroatoms. The van der Waals surface area contributed by atoms with E-state index in [1.165, 1.54) is 12.1 Å². The van der Waals surface area contributed by atoms with Crippen LogP contribution in [0.5, 0.6) is 5.75 Å². The molecular weight excluding hydrogens is 310 g/mol. The molecule has 0 radical (unpaired) electrons. The lowest BCUT2D eigenvalue weighted by Gasteiger charge is -2.18. The molecule has 0 unspecified atom stereocenters. The summed E-state index contributed by atoms with van der Waals surface area (Å²) in [5, 5.41) is 10.4. The second-order valence-electron chi connectivity index (χ2n) is 6.23. The van der Waals surface area contributed by atoms with Crippen LogP contribution < -0.4 is 4.72 Å². The van der Waals surface area contributed by atoms with E-state index in [0.29, 0.717) is 0 Å². The second-order valence-corrected chi connectivity index (χ2v) is 7.92. The largest absolute Gasteiger partial charge is 0.505 e. The Morgan fingerprint density at radius 1 is 0.957 bits per heavy atom. The quantitative estimate of drug-likeness (QED) is 0.795. The van der Waals surface area contributed by atoms with Crippen molar-refractivity contribution in [3.8, 4) is 5.75 Å². The zero-order valence-corrected chi connectivity index (χ0v) is 14.7. The summed E-state index contributed by atoms with van der Waals surface area (Å²) in [6.07, 6.45) is 0. The summed E-state index contributed by atoms with van der Waals surface area (Å²) in [6, 6.07) is 11.8. The number of phenols is 1. The van der Waals surface area contributed by atoms with E-state index in [-0.39, 0.29) is 28.2 Å². The Morgan fingerprint density at radius 3 is 2.09 bits per heavy atom. The van der Waals surface area contributed by atoms with Crippen LogP contribution in [0.15, 0.2) is 47.4 Å². The van der Waals surface area contributed by atoms with E-state index in [1.54, 1.807) is 24.3 Å². The molecule has 0 atom stereocenters. The Hall–Kier alpha value is -2.01. The van der Waals surface area contributed by atoms with Crippen LogP contribution in [0.3, 0.4) is 0 Å².